The van der Waals surface area contributed by atoms with Crippen LogP contribution in [0.1, 0.15) is 31.8 Å². The summed E-state index contributed by atoms with van der Waals surface area (Å²) in [6, 6.07) is 5.75. The average molecular weight is 272 g/mol. The predicted octanol–water partition coefficient (Wildman–Crippen LogP) is 2.07. The highest BCUT2D eigenvalue weighted by atomic mass is 16.1. The Balaban J connectivity index is 1.87. The molecule has 2 heterocycles. The van der Waals surface area contributed by atoms with Gasteiger partial charge >= 0.3 is 0 Å². The SMILES string of the molecule is CC(C)Cn1ncnc1CC(=O)CCc1ccccn1. The quantitative estimate of drug-likeness (QED) is 0.774. The molecule has 0 aliphatic carbocycles. The van der Waals surface area contributed by atoms with E-state index in [4.69, 9.17) is 0 Å². The Kier molecular flexibility index (Phi) is 4.98. The second kappa shape index (κ2) is 6.93. The lowest BCUT2D eigenvalue weighted by Crippen LogP contribution is -2.14. The molecule has 106 valence electrons. The van der Waals surface area contributed by atoms with E-state index in [-0.39, 0.29) is 5.78 Å². The van der Waals surface area contributed by atoms with E-state index >= 15 is 0 Å². The molecule has 5 heteroatoms. The molecule has 0 aromatic carbocycles. The topological polar surface area (TPSA) is 60.7 Å². The first-order valence-electron chi connectivity index (χ1n) is 6.93. The van der Waals surface area contributed by atoms with Crippen LogP contribution in [0.2, 0.25) is 0 Å². The van der Waals surface area contributed by atoms with E-state index in [1.807, 2.05) is 22.9 Å². The van der Waals surface area contributed by atoms with Crippen molar-refractivity contribution in [1.82, 2.24) is 19.7 Å². The smallest absolute Gasteiger partial charge is 0.140 e. The van der Waals surface area contributed by atoms with E-state index in [2.05, 4.69) is 28.9 Å². The summed E-state index contributed by atoms with van der Waals surface area (Å²) in [7, 11) is 0. The summed E-state index contributed by atoms with van der Waals surface area (Å²) in [4.78, 5) is 20.4. The highest BCUT2D eigenvalue weighted by Gasteiger charge is 2.11. The molecule has 0 saturated carbocycles. The third-order valence-electron chi connectivity index (χ3n) is 2.98. The van der Waals surface area contributed by atoms with Crippen molar-refractivity contribution in [2.45, 2.75) is 39.7 Å². The molecule has 0 spiro atoms. The molecule has 0 fully saturated rings. The number of carbonyl (C=O) groups is 1. The van der Waals surface area contributed by atoms with Crippen LogP contribution in [-0.4, -0.2) is 25.5 Å². The molecule has 0 atom stereocenters. The fourth-order valence-corrected chi connectivity index (χ4v) is 2.00. The summed E-state index contributed by atoms with van der Waals surface area (Å²) in [6.45, 7) is 5.03. The maximum absolute atomic E-state index is 12.0. The number of hydrogen-bond acceptors (Lipinski definition) is 4. The number of carbonyl (C=O) groups excluding carboxylic acids is 1. The van der Waals surface area contributed by atoms with Crippen LogP contribution < -0.4 is 0 Å². The molecule has 0 bridgehead atoms. The Bertz CT molecular complexity index is 548. The van der Waals surface area contributed by atoms with Gasteiger partial charge in [0.25, 0.3) is 0 Å². The van der Waals surface area contributed by atoms with Crippen LogP contribution in [0, 0.1) is 5.92 Å². The zero-order valence-electron chi connectivity index (χ0n) is 12.0. The normalized spacial score (nSPS) is 10.9. The highest BCUT2D eigenvalue weighted by Crippen LogP contribution is 2.05. The van der Waals surface area contributed by atoms with Gasteiger partial charge in [0.1, 0.15) is 17.9 Å². The summed E-state index contributed by atoms with van der Waals surface area (Å²) >= 11 is 0. The highest BCUT2D eigenvalue weighted by molar-refractivity contribution is 5.80. The Morgan fingerprint density at radius 1 is 1.30 bits per heavy atom. The average Bonchev–Trinajstić information content (AvgIpc) is 2.84. The van der Waals surface area contributed by atoms with Gasteiger partial charge in [0, 0.05) is 24.9 Å². The molecule has 2 rings (SSSR count). The number of nitrogens with zero attached hydrogens (tertiary/aromatic N) is 4. The van der Waals surface area contributed by atoms with E-state index in [0.717, 1.165) is 18.1 Å². The minimum absolute atomic E-state index is 0.175. The van der Waals surface area contributed by atoms with Gasteiger partial charge in [0.15, 0.2) is 0 Å². The molecular weight excluding hydrogens is 252 g/mol. The molecule has 0 saturated heterocycles. The molecule has 0 aliphatic heterocycles. The summed E-state index contributed by atoms with van der Waals surface area (Å²) < 4.78 is 1.82. The van der Waals surface area contributed by atoms with Crippen molar-refractivity contribution in [3.05, 3.63) is 42.2 Å². The first kappa shape index (κ1) is 14.4. The Labute approximate surface area is 119 Å². The summed E-state index contributed by atoms with van der Waals surface area (Å²) in [5.74, 6) is 1.41. The molecule has 0 aliphatic rings. The first-order valence-corrected chi connectivity index (χ1v) is 6.93. The van der Waals surface area contributed by atoms with Crippen molar-refractivity contribution in [2.75, 3.05) is 0 Å². The number of pyridine rings is 1. The van der Waals surface area contributed by atoms with Crippen LogP contribution in [0.25, 0.3) is 0 Å². The molecule has 0 N–H and O–H groups in total. The Morgan fingerprint density at radius 3 is 2.85 bits per heavy atom. The molecular formula is C15H20N4O. The van der Waals surface area contributed by atoms with Crippen molar-refractivity contribution in [3.8, 4) is 0 Å². The second-order valence-corrected chi connectivity index (χ2v) is 5.29. The molecule has 20 heavy (non-hydrogen) atoms. The Hall–Kier alpha value is -2.04. The van der Waals surface area contributed by atoms with Gasteiger partial charge in [0.05, 0.1) is 6.42 Å². The monoisotopic (exact) mass is 272 g/mol. The minimum Gasteiger partial charge on any atom is -0.299 e. The number of rotatable bonds is 7. The fourth-order valence-electron chi connectivity index (χ4n) is 2.00. The van der Waals surface area contributed by atoms with Crippen LogP contribution in [0.4, 0.5) is 0 Å². The van der Waals surface area contributed by atoms with Crippen LogP contribution in [0.3, 0.4) is 0 Å². The van der Waals surface area contributed by atoms with Gasteiger partial charge in [-0.05, 0) is 24.5 Å². The molecule has 2 aromatic rings. The van der Waals surface area contributed by atoms with Crippen molar-refractivity contribution >= 4 is 5.78 Å². The lowest BCUT2D eigenvalue weighted by atomic mass is 10.1. The van der Waals surface area contributed by atoms with Crippen LogP contribution in [-0.2, 0) is 24.2 Å². The molecule has 0 radical (unpaired) electrons. The molecule has 0 unspecified atom stereocenters. The lowest BCUT2D eigenvalue weighted by molar-refractivity contribution is -0.118. The number of Topliss-reactive ketones (excluding diaryl/α,β-unsaturated/α-hetero) is 1. The van der Waals surface area contributed by atoms with Crippen molar-refractivity contribution < 1.29 is 4.79 Å². The summed E-state index contributed by atoms with van der Waals surface area (Å²) in [5, 5.41) is 4.17. The number of ketones is 1. The van der Waals surface area contributed by atoms with Crippen molar-refractivity contribution in [1.29, 1.82) is 0 Å². The summed E-state index contributed by atoms with van der Waals surface area (Å²) in [6.07, 6.45) is 4.78. The molecule has 2 aromatic heterocycles. The van der Waals surface area contributed by atoms with Gasteiger partial charge in [-0.3, -0.25) is 9.78 Å². The van der Waals surface area contributed by atoms with Crippen LogP contribution in [0.15, 0.2) is 30.7 Å². The Morgan fingerprint density at radius 2 is 2.15 bits per heavy atom. The van der Waals surface area contributed by atoms with Gasteiger partial charge in [-0.25, -0.2) is 9.67 Å². The first-order chi connectivity index (χ1) is 9.65. The summed E-state index contributed by atoms with van der Waals surface area (Å²) in [5.41, 5.74) is 0.949. The van der Waals surface area contributed by atoms with Gasteiger partial charge in [-0.2, -0.15) is 5.10 Å². The maximum atomic E-state index is 12.0. The zero-order valence-corrected chi connectivity index (χ0v) is 12.0. The van der Waals surface area contributed by atoms with Gasteiger partial charge < -0.3 is 0 Å². The third-order valence-corrected chi connectivity index (χ3v) is 2.98. The van der Waals surface area contributed by atoms with Crippen molar-refractivity contribution in [3.63, 3.8) is 0 Å². The van der Waals surface area contributed by atoms with E-state index in [1.165, 1.54) is 6.33 Å². The van der Waals surface area contributed by atoms with Crippen LogP contribution >= 0.6 is 0 Å². The second-order valence-electron chi connectivity index (χ2n) is 5.29. The van der Waals surface area contributed by atoms with E-state index in [0.29, 0.717) is 25.2 Å². The predicted molar refractivity (Wildman–Crippen MR) is 76.1 cm³/mol. The van der Waals surface area contributed by atoms with Gasteiger partial charge in [-0.1, -0.05) is 19.9 Å². The van der Waals surface area contributed by atoms with Crippen molar-refractivity contribution in [2.24, 2.45) is 5.92 Å². The van der Waals surface area contributed by atoms with Crippen LogP contribution in [0.5, 0.6) is 0 Å². The third kappa shape index (κ3) is 4.26. The molecule has 0 amide bonds. The van der Waals surface area contributed by atoms with E-state index in [1.54, 1.807) is 6.20 Å². The van der Waals surface area contributed by atoms with Gasteiger partial charge in [-0.15, -0.1) is 0 Å². The lowest BCUT2D eigenvalue weighted by Gasteiger charge is -2.08. The maximum Gasteiger partial charge on any atom is 0.140 e. The molecule has 5 nitrogen and oxygen atoms in total. The van der Waals surface area contributed by atoms with E-state index < -0.39 is 0 Å². The van der Waals surface area contributed by atoms with E-state index in [9.17, 15) is 4.79 Å². The number of aromatic nitrogens is 4. The standard InChI is InChI=1S/C15H20N4O/c1-12(2)10-19-15(17-11-18-19)9-14(20)7-6-13-5-3-4-8-16-13/h3-5,8,11-12H,6-7,9-10H2,1-2H3. The fraction of sp³-hybridized carbons (Fsp3) is 0.467. The minimum atomic E-state index is 0.175. The number of hydrogen-bond donors (Lipinski definition) is 0. The largest absolute Gasteiger partial charge is 0.299 e. The van der Waals surface area contributed by atoms with Gasteiger partial charge in [0.2, 0.25) is 0 Å². The number of aryl methyl sites for hydroxylation is 1. The zero-order chi connectivity index (χ0) is 14.4.